The molecule has 1 aromatic rings. The fraction of sp³-hybridized carbons (Fsp3) is 0.400. The molecular formula is C10H14NO2S. The fourth-order valence-electron chi connectivity index (χ4n) is 1.33. The van der Waals surface area contributed by atoms with Crippen molar-refractivity contribution in [2.45, 2.75) is 13.8 Å². The average molecular weight is 212 g/mol. The SMILES string of the molecule is CCN(c1cc[c]c(C)c1)S(C)(=O)=O. The molecule has 0 aromatic heterocycles. The van der Waals surface area contributed by atoms with Crippen molar-refractivity contribution in [1.82, 2.24) is 0 Å². The van der Waals surface area contributed by atoms with Crippen molar-refractivity contribution in [1.29, 1.82) is 0 Å². The van der Waals surface area contributed by atoms with Gasteiger partial charge in [0.25, 0.3) is 0 Å². The van der Waals surface area contributed by atoms with E-state index in [1.54, 1.807) is 12.1 Å². The monoisotopic (exact) mass is 212 g/mol. The highest BCUT2D eigenvalue weighted by Crippen LogP contribution is 2.17. The first-order valence-corrected chi connectivity index (χ1v) is 6.26. The second-order valence-corrected chi connectivity index (χ2v) is 5.06. The van der Waals surface area contributed by atoms with Gasteiger partial charge in [0.05, 0.1) is 11.9 Å². The van der Waals surface area contributed by atoms with Crippen LogP contribution in [0.25, 0.3) is 0 Å². The minimum Gasteiger partial charge on any atom is -0.271 e. The van der Waals surface area contributed by atoms with Crippen LogP contribution in [0, 0.1) is 13.0 Å². The third-order valence-corrected chi connectivity index (χ3v) is 3.17. The second-order valence-electron chi connectivity index (χ2n) is 3.16. The third-order valence-electron chi connectivity index (χ3n) is 1.91. The van der Waals surface area contributed by atoms with Gasteiger partial charge in [-0.25, -0.2) is 8.42 Å². The molecule has 4 heteroatoms. The second kappa shape index (κ2) is 4.00. The molecule has 0 N–H and O–H groups in total. The van der Waals surface area contributed by atoms with E-state index in [0.717, 1.165) is 5.56 Å². The first kappa shape index (κ1) is 11.0. The van der Waals surface area contributed by atoms with Crippen LogP contribution in [-0.2, 0) is 10.0 Å². The van der Waals surface area contributed by atoms with E-state index in [0.29, 0.717) is 12.2 Å². The lowest BCUT2D eigenvalue weighted by Crippen LogP contribution is -2.29. The zero-order chi connectivity index (χ0) is 10.8. The largest absolute Gasteiger partial charge is 0.271 e. The quantitative estimate of drug-likeness (QED) is 0.763. The Morgan fingerprint density at radius 3 is 2.57 bits per heavy atom. The Morgan fingerprint density at radius 2 is 2.14 bits per heavy atom. The van der Waals surface area contributed by atoms with Gasteiger partial charge in [-0.3, -0.25) is 4.31 Å². The highest BCUT2D eigenvalue weighted by Gasteiger charge is 2.14. The van der Waals surface area contributed by atoms with Gasteiger partial charge in [-0.2, -0.15) is 0 Å². The van der Waals surface area contributed by atoms with E-state index in [2.05, 4.69) is 6.07 Å². The van der Waals surface area contributed by atoms with Crippen molar-refractivity contribution < 1.29 is 8.42 Å². The summed E-state index contributed by atoms with van der Waals surface area (Å²) in [6, 6.07) is 8.27. The number of benzene rings is 1. The molecule has 1 radical (unpaired) electrons. The summed E-state index contributed by atoms with van der Waals surface area (Å²) in [6.07, 6.45) is 1.21. The van der Waals surface area contributed by atoms with E-state index in [-0.39, 0.29) is 0 Å². The Kier molecular flexibility index (Phi) is 3.16. The number of hydrogen-bond acceptors (Lipinski definition) is 2. The summed E-state index contributed by atoms with van der Waals surface area (Å²) in [5.41, 5.74) is 1.64. The van der Waals surface area contributed by atoms with Gasteiger partial charge < -0.3 is 0 Å². The molecule has 1 rings (SSSR count). The van der Waals surface area contributed by atoms with Gasteiger partial charge in [0, 0.05) is 6.54 Å². The van der Waals surface area contributed by atoms with Crippen molar-refractivity contribution in [3.63, 3.8) is 0 Å². The number of rotatable bonds is 3. The highest BCUT2D eigenvalue weighted by atomic mass is 32.2. The lowest BCUT2D eigenvalue weighted by Gasteiger charge is -2.20. The highest BCUT2D eigenvalue weighted by molar-refractivity contribution is 7.92. The number of anilines is 1. The molecule has 14 heavy (non-hydrogen) atoms. The van der Waals surface area contributed by atoms with Crippen LogP contribution in [0.15, 0.2) is 18.2 Å². The molecule has 0 saturated carbocycles. The van der Waals surface area contributed by atoms with Crippen LogP contribution >= 0.6 is 0 Å². The van der Waals surface area contributed by atoms with Gasteiger partial charge >= 0.3 is 0 Å². The zero-order valence-corrected chi connectivity index (χ0v) is 9.43. The van der Waals surface area contributed by atoms with E-state index in [4.69, 9.17) is 0 Å². The molecule has 0 aliphatic heterocycles. The normalized spacial score (nSPS) is 11.4. The first-order chi connectivity index (χ1) is 6.45. The van der Waals surface area contributed by atoms with Crippen molar-refractivity contribution in [3.05, 3.63) is 29.8 Å². The van der Waals surface area contributed by atoms with Crippen LogP contribution in [0.3, 0.4) is 0 Å². The molecule has 0 fully saturated rings. The topological polar surface area (TPSA) is 37.4 Å². The van der Waals surface area contributed by atoms with E-state index in [9.17, 15) is 8.42 Å². The maximum absolute atomic E-state index is 11.4. The van der Waals surface area contributed by atoms with Crippen LogP contribution in [-0.4, -0.2) is 21.2 Å². The maximum Gasteiger partial charge on any atom is 0.232 e. The molecule has 0 atom stereocenters. The summed E-state index contributed by atoms with van der Waals surface area (Å²) in [5.74, 6) is 0. The van der Waals surface area contributed by atoms with Crippen LogP contribution in [0.5, 0.6) is 0 Å². The van der Waals surface area contributed by atoms with Crippen molar-refractivity contribution in [3.8, 4) is 0 Å². The molecule has 0 spiro atoms. The predicted molar refractivity (Wildman–Crippen MR) is 57.9 cm³/mol. The third kappa shape index (κ3) is 2.48. The summed E-state index contributed by atoms with van der Waals surface area (Å²) in [6.45, 7) is 4.15. The first-order valence-electron chi connectivity index (χ1n) is 4.41. The van der Waals surface area contributed by atoms with Crippen molar-refractivity contribution in [2.75, 3.05) is 17.1 Å². The smallest absolute Gasteiger partial charge is 0.232 e. The number of nitrogens with zero attached hydrogens (tertiary/aromatic N) is 1. The Labute approximate surface area is 85.4 Å². The fourth-order valence-corrected chi connectivity index (χ4v) is 2.30. The van der Waals surface area contributed by atoms with Crippen molar-refractivity contribution in [2.24, 2.45) is 0 Å². The van der Waals surface area contributed by atoms with Crippen LogP contribution in [0.1, 0.15) is 12.5 Å². The molecule has 0 amide bonds. The lowest BCUT2D eigenvalue weighted by molar-refractivity contribution is 0.598. The molecule has 3 nitrogen and oxygen atoms in total. The van der Waals surface area contributed by atoms with Gasteiger partial charge in [0.2, 0.25) is 10.0 Å². The molecule has 0 aliphatic carbocycles. The zero-order valence-electron chi connectivity index (χ0n) is 8.61. The molecule has 0 saturated heterocycles. The average Bonchev–Trinajstić information content (AvgIpc) is 2.02. The number of sulfonamides is 1. The van der Waals surface area contributed by atoms with E-state index < -0.39 is 10.0 Å². The predicted octanol–water partition coefficient (Wildman–Crippen LogP) is 1.58. The van der Waals surface area contributed by atoms with Crippen LogP contribution < -0.4 is 4.31 Å². The maximum atomic E-state index is 11.4. The number of aryl methyl sites for hydroxylation is 1. The molecule has 77 valence electrons. The van der Waals surface area contributed by atoms with E-state index in [1.807, 2.05) is 19.9 Å². The van der Waals surface area contributed by atoms with Gasteiger partial charge in [-0.05, 0) is 37.6 Å². The van der Waals surface area contributed by atoms with Gasteiger partial charge in [-0.15, -0.1) is 0 Å². The van der Waals surface area contributed by atoms with E-state index in [1.165, 1.54) is 10.6 Å². The van der Waals surface area contributed by atoms with Crippen LogP contribution in [0.2, 0.25) is 0 Å². The molecule has 0 unspecified atom stereocenters. The summed E-state index contributed by atoms with van der Waals surface area (Å²) in [7, 11) is -3.17. The summed E-state index contributed by atoms with van der Waals surface area (Å²) in [5, 5.41) is 0. The molecular weight excluding hydrogens is 198 g/mol. The molecule has 0 heterocycles. The molecule has 0 aliphatic rings. The molecule has 0 bridgehead atoms. The van der Waals surface area contributed by atoms with Crippen molar-refractivity contribution >= 4 is 15.7 Å². The summed E-state index contributed by atoms with van der Waals surface area (Å²) < 4.78 is 24.1. The standard InChI is InChI=1S/C10H14NO2S/c1-4-11(14(3,12)13)10-7-5-6-9(2)8-10/h5,7-8H,4H2,1-3H3. The van der Waals surface area contributed by atoms with Crippen LogP contribution in [0.4, 0.5) is 5.69 Å². The minimum absolute atomic E-state index is 0.447. The van der Waals surface area contributed by atoms with Gasteiger partial charge in [0.1, 0.15) is 0 Å². The Hall–Kier alpha value is -1.03. The summed E-state index contributed by atoms with van der Waals surface area (Å²) in [4.78, 5) is 0. The van der Waals surface area contributed by atoms with Gasteiger partial charge in [0.15, 0.2) is 0 Å². The summed E-state index contributed by atoms with van der Waals surface area (Å²) >= 11 is 0. The Morgan fingerprint density at radius 1 is 1.50 bits per heavy atom. The Bertz CT molecular complexity index is 412. The Balaban J connectivity index is 3.14. The van der Waals surface area contributed by atoms with E-state index >= 15 is 0 Å². The number of hydrogen-bond donors (Lipinski definition) is 0. The minimum atomic E-state index is -3.17. The lowest BCUT2D eigenvalue weighted by atomic mass is 10.2. The van der Waals surface area contributed by atoms with Gasteiger partial charge in [-0.1, -0.05) is 6.07 Å². The molecule has 1 aromatic carbocycles.